The summed E-state index contributed by atoms with van der Waals surface area (Å²) in [5.41, 5.74) is 1.55. The summed E-state index contributed by atoms with van der Waals surface area (Å²) in [6.45, 7) is 0.277. The van der Waals surface area contributed by atoms with Crippen LogP contribution in [0.4, 0.5) is 5.69 Å². The van der Waals surface area contributed by atoms with Crippen molar-refractivity contribution in [3.63, 3.8) is 0 Å². The van der Waals surface area contributed by atoms with Crippen molar-refractivity contribution < 1.29 is 9.66 Å². The van der Waals surface area contributed by atoms with E-state index in [-0.39, 0.29) is 12.3 Å². The van der Waals surface area contributed by atoms with Crippen molar-refractivity contribution in [3.05, 3.63) is 62.9 Å². The van der Waals surface area contributed by atoms with Gasteiger partial charge in [-0.1, -0.05) is 27.5 Å². The number of hydrogen-bond acceptors (Lipinski definition) is 4. The summed E-state index contributed by atoms with van der Waals surface area (Å²) in [5, 5.41) is 11.7. The molecule has 5 nitrogen and oxygen atoms in total. The lowest BCUT2D eigenvalue weighted by Gasteiger charge is -2.10. The third kappa shape index (κ3) is 3.46. The number of alkyl halides is 1. The van der Waals surface area contributed by atoms with Crippen molar-refractivity contribution in [1.82, 2.24) is 4.98 Å². The summed E-state index contributed by atoms with van der Waals surface area (Å²) in [6, 6.07) is 6.25. The van der Waals surface area contributed by atoms with Crippen LogP contribution in [0.5, 0.6) is 5.75 Å². The maximum Gasteiger partial charge on any atom is 0.270 e. The molecule has 0 bridgehead atoms. The molecule has 0 unspecified atom stereocenters. The number of nitro benzene ring substituents is 1. The second kappa shape index (κ2) is 6.67. The lowest BCUT2D eigenvalue weighted by atomic mass is 10.2. The zero-order valence-corrected chi connectivity index (χ0v) is 12.6. The molecule has 2 aromatic rings. The molecule has 2 rings (SSSR count). The smallest absolute Gasteiger partial charge is 0.270 e. The maximum atomic E-state index is 10.7. The maximum absolute atomic E-state index is 10.7. The van der Waals surface area contributed by atoms with Gasteiger partial charge in [-0.2, -0.15) is 0 Å². The van der Waals surface area contributed by atoms with Gasteiger partial charge in [-0.15, -0.1) is 0 Å². The van der Waals surface area contributed by atoms with E-state index < -0.39 is 4.92 Å². The van der Waals surface area contributed by atoms with Crippen molar-refractivity contribution in [3.8, 4) is 5.75 Å². The number of benzene rings is 1. The summed E-state index contributed by atoms with van der Waals surface area (Å²) in [7, 11) is 0. The fourth-order valence-electron chi connectivity index (χ4n) is 1.60. The molecule has 20 heavy (non-hydrogen) atoms. The lowest BCUT2D eigenvalue weighted by Crippen LogP contribution is -2.00. The molecule has 0 saturated heterocycles. The largest absolute Gasteiger partial charge is 0.489 e. The van der Waals surface area contributed by atoms with Crippen molar-refractivity contribution in [2.45, 2.75) is 11.9 Å². The molecule has 0 spiro atoms. The van der Waals surface area contributed by atoms with Crippen molar-refractivity contribution >= 4 is 33.2 Å². The Morgan fingerprint density at radius 2 is 2.15 bits per heavy atom. The SMILES string of the molecule is O=[N+]([O-])c1ccc(OCc2ccncc2Cl)c(CBr)c1. The predicted molar refractivity (Wildman–Crippen MR) is 79.3 cm³/mol. The Labute approximate surface area is 128 Å². The average molecular weight is 358 g/mol. The van der Waals surface area contributed by atoms with Crippen LogP contribution in [0, 0.1) is 10.1 Å². The molecule has 1 aromatic carbocycles. The highest BCUT2D eigenvalue weighted by atomic mass is 79.9. The topological polar surface area (TPSA) is 65.3 Å². The number of aromatic nitrogens is 1. The number of pyridine rings is 1. The van der Waals surface area contributed by atoms with Crippen LogP contribution in [0.25, 0.3) is 0 Å². The number of hydrogen-bond donors (Lipinski definition) is 0. The van der Waals surface area contributed by atoms with E-state index >= 15 is 0 Å². The molecular weight excluding hydrogens is 348 g/mol. The second-order valence-corrected chi connectivity index (χ2v) is 4.91. The summed E-state index contributed by atoms with van der Waals surface area (Å²) >= 11 is 9.28. The summed E-state index contributed by atoms with van der Waals surface area (Å²) in [4.78, 5) is 14.2. The van der Waals surface area contributed by atoms with Crippen LogP contribution < -0.4 is 4.74 Å². The molecule has 1 aromatic heterocycles. The fraction of sp³-hybridized carbons (Fsp3) is 0.154. The molecule has 7 heteroatoms. The Kier molecular flexibility index (Phi) is 4.92. The Bertz CT molecular complexity index is 637. The molecule has 0 N–H and O–H groups in total. The Balaban J connectivity index is 2.17. The highest BCUT2D eigenvalue weighted by Gasteiger charge is 2.11. The van der Waals surface area contributed by atoms with Gasteiger partial charge in [0.15, 0.2) is 0 Å². The quantitative estimate of drug-likeness (QED) is 0.459. The van der Waals surface area contributed by atoms with Gasteiger partial charge in [0.25, 0.3) is 5.69 Å². The Morgan fingerprint density at radius 3 is 2.80 bits per heavy atom. The first-order valence-corrected chi connectivity index (χ1v) is 7.16. The van der Waals surface area contributed by atoms with E-state index in [1.54, 1.807) is 24.5 Å². The van der Waals surface area contributed by atoms with Crippen LogP contribution in [-0.4, -0.2) is 9.91 Å². The van der Waals surface area contributed by atoms with E-state index in [0.29, 0.717) is 21.7 Å². The zero-order chi connectivity index (χ0) is 14.5. The molecule has 1 heterocycles. The van der Waals surface area contributed by atoms with E-state index in [4.69, 9.17) is 16.3 Å². The van der Waals surface area contributed by atoms with Gasteiger partial charge >= 0.3 is 0 Å². The second-order valence-electron chi connectivity index (χ2n) is 3.94. The molecule has 104 valence electrons. The van der Waals surface area contributed by atoms with Crippen LogP contribution in [0.2, 0.25) is 5.02 Å². The molecule has 0 atom stereocenters. The fourth-order valence-corrected chi connectivity index (χ4v) is 2.21. The molecule has 0 saturated carbocycles. The minimum Gasteiger partial charge on any atom is -0.489 e. The normalized spacial score (nSPS) is 10.3. The minimum atomic E-state index is -0.435. The first-order valence-electron chi connectivity index (χ1n) is 5.66. The first-order chi connectivity index (χ1) is 9.61. The van der Waals surface area contributed by atoms with Crippen LogP contribution in [0.3, 0.4) is 0 Å². The van der Waals surface area contributed by atoms with Crippen LogP contribution in [0.15, 0.2) is 36.7 Å². The van der Waals surface area contributed by atoms with Gasteiger partial charge in [0.2, 0.25) is 0 Å². The minimum absolute atomic E-state index is 0.0359. The van der Waals surface area contributed by atoms with Crippen LogP contribution >= 0.6 is 27.5 Å². The number of nitro groups is 1. The number of non-ortho nitro benzene ring substituents is 1. The summed E-state index contributed by atoms with van der Waals surface area (Å²) in [6.07, 6.45) is 3.17. The standard InChI is InChI=1S/C13H10BrClN2O3/c14-6-10-5-11(17(18)19)1-2-13(10)20-8-9-3-4-16-7-12(9)15/h1-5,7H,6,8H2. The molecule has 0 amide bonds. The van der Waals surface area contributed by atoms with Gasteiger partial charge < -0.3 is 4.74 Å². The highest BCUT2D eigenvalue weighted by Crippen LogP contribution is 2.27. The zero-order valence-electron chi connectivity index (χ0n) is 10.3. The van der Waals surface area contributed by atoms with Gasteiger partial charge in [0, 0.05) is 41.0 Å². The first kappa shape index (κ1) is 14.7. The predicted octanol–water partition coefficient (Wildman–Crippen LogP) is 4.12. The van der Waals surface area contributed by atoms with Crippen LogP contribution in [0.1, 0.15) is 11.1 Å². The number of rotatable bonds is 5. The third-order valence-corrected chi connectivity index (χ3v) is 3.58. The van der Waals surface area contributed by atoms with Crippen molar-refractivity contribution in [2.24, 2.45) is 0 Å². The van der Waals surface area contributed by atoms with E-state index in [1.807, 2.05) is 0 Å². The number of nitrogens with zero attached hydrogens (tertiary/aromatic N) is 2. The van der Waals surface area contributed by atoms with E-state index in [1.165, 1.54) is 12.1 Å². The van der Waals surface area contributed by atoms with E-state index in [9.17, 15) is 10.1 Å². The molecule has 0 aliphatic rings. The van der Waals surface area contributed by atoms with Crippen molar-refractivity contribution in [2.75, 3.05) is 0 Å². The molecule has 0 aliphatic heterocycles. The third-order valence-electron chi connectivity index (χ3n) is 2.64. The molecule has 0 radical (unpaired) electrons. The van der Waals surface area contributed by atoms with E-state index in [2.05, 4.69) is 20.9 Å². The number of halogens is 2. The van der Waals surface area contributed by atoms with Crippen LogP contribution in [-0.2, 0) is 11.9 Å². The van der Waals surface area contributed by atoms with E-state index in [0.717, 1.165) is 5.56 Å². The Morgan fingerprint density at radius 1 is 1.35 bits per heavy atom. The Hall–Kier alpha value is -1.66. The molecule has 0 fully saturated rings. The monoisotopic (exact) mass is 356 g/mol. The lowest BCUT2D eigenvalue weighted by molar-refractivity contribution is -0.384. The molecular formula is C13H10BrClN2O3. The van der Waals surface area contributed by atoms with Gasteiger partial charge in [-0.25, -0.2) is 0 Å². The highest BCUT2D eigenvalue weighted by molar-refractivity contribution is 9.08. The number of ether oxygens (including phenoxy) is 1. The van der Waals surface area contributed by atoms with Gasteiger partial charge in [-0.05, 0) is 12.1 Å². The molecule has 0 aliphatic carbocycles. The van der Waals surface area contributed by atoms with Gasteiger partial charge in [0.05, 0.1) is 9.95 Å². The van der Waals surface area contributed by atoms with Gasteiger partial charge in [-0.3, -0.25) is 15.1 Å². The summed E-state index contributed by atoms with van der Waals surface area (Å²) < 4.78 is 5.66. The average Bonchev–Trinajstić information content (AvgIpc) is 2.46. The van der Waals surface area contributed by atoms with Gasteiger partial charge in [0.1, 0.15) is 12.4 Å². The van der Waals surface area contributed by atoms with Crippen molar-refractivity contribution in [1.29, 1.82) is 0 Å². The summed E-state index contributed by atoms with van der Waals surface area (Å²) in [5.74, 6) is 0.584.